The number of methoxy groups -OCH3 is 1. The highest BCUT2D eigenvalue weighted by Gasteiger charge is 2.20. The van der Waals surface area contributed by atoms with E-state index >= 15 is 0 Å². The van der Waals surface area contributed by atoms with Crippen molar-refractivity contribution in [3.63, 3.8) is 0 Å². The summed E-state index contributed by atoms with van der Waals surface area (Å²) in [6.07, 6.45) is 1.79. The zero-order valence-corrected chi connectivity index (χ0v) is 5.89. The number of carbonyl (C=O) groups excluding carboxylic acids is 1. The molecule has 10 heavy (non-hydrogen) atoms. The number of ketones is 1. The molecule has 3 nitrogen and oxygen atoms in total. The van der Waals surface area contributed by atoms with E-state index < -0.39 is 0 Å². The molecule has 0 heterocycles. The van der Waals surface area contributed by atoms with Gasteiger partial charge in [0.25, 0.3) is 0 Å². The van der Waals surface area contributed by atoms with Crippen molar-refractivity contribution in [2.24, 2.45) is 0 Å². The summed E-state index contributed by atoms with van der Waals surface area (Å²) in [6, 6.07) is 0. The molecule has 1 N–H and O–H groups in total. The number of aliphatic hydroxyl groups is 1. The maximum atomic E-state index is 10.9. The first-order valence-electron chi connectivity index (χ1n) is 3.25. The van der Waals surface area contributed by atoms with E-state index in [0.717, 1.165) is 6.42 Å². The van der Waals surface area contributed by atoms with Gasteiger partial charge in [0.2, 0.25) is 5.78 Å². The van der Waals surface area contributed by atoms with Crippen LogP contribution in [0.15, 0.2) is 11.5 Å². The van der Waals surface area contributed by atoms with Crippen molar-refractivity contribution >= 4 is 5.78 Å². The number of rotatable bonds is 1. The molecule has 0 amide bonds. The average molecular weight is 142 g/mol. The fourth-order valence-electron chi connectivity index (χ4n) is 1.04. The second kappa shape index (κ2) is 2.73. The van der Waals surface area contributed by atoms with E-state index in [0.29, 0.717) is 12.8 Å². The molecule has 3 heteroatoms. The Morgan fingerprint density at radius 2 is 2.20 bits per heavy atom. The molecule has 0 spiro atoms. The Labute approximate surface area is 59.3 Å². The lowest BCUT2D eigenvalue weighted by Gasteiger charge is -2.12. The van der Waals surface area contributed by atoms with E-state index in [4.69, 9.17) is 9.84 Å². The molecule has 56 valence electrons. The summed E-state index contributed by atoms with van der Waals surface area (Å²) in [7, 11) is 1.40. The number of ether oxygens (including phenoxy) is 1. The lowest BCUT2D eigenvalue weighted by atomic mass is 10.0. The molecule has 1 rings (SSSR count). The van der Waals surface area contributed by atoms with Crippen LogP contribution < -0.4 is 0 Å². The molecule has 1 aliphatic rings. The lowest BCUT2D eigenvalue weighted by Crippen LogP contribution is -2.12. The third kappa shape index (κ3) is 1.12. The zero-order valence-electron chi connectivity index (χ0n) is 5.89. The Balaban J connectivity index is 2.84. The third-order valence-electron chi connectivity index (χ3n) is 1.54. The van der Waals surface area contributed by atoms with E-state index in [9.17, 15) is 4.79 Å². The van der Waals surface area contributed by atoms with Gasteiger partial charge < -0.3 is 9.84 Å². The number of Topliss-reactive ketones (excluding diaryl/α,β-unsaturated/α-hetero) is 1. The standard InChI is InChI=1S/C7H10O3/c1-10-7-5(8)3-2-4-6(7)9/h8H,2-4H2,1H3. The predicted octanol–water partition coefficient (Wildman–Crippen LogP) is 1.16. The minimum absolute atomic E-state index is 0.0914. The van der Waals surface area contributed by atoms with E-state index in [1.165, 1.54) is 7.11 Å². The number of carbonyl (C=O) groups is 1. The van der Waals surface area contributed by atoms with Crippen molar-refractivity contribution in [1.82, 2.24) is 0 Å². The van der Waals surface area contributed by atoms with Crippen LogP contribution in [0.25, 0.3) is 0 Å². The van der Waals surface area contributed by atoms with Crippen LogP contribution in [0.4, 0.5) is 0 Å². The van der Waals surface area contributed by atoms with Crippen molar-refractivity contribution in [2.45, 2.75) is 19.3 Å². The van der Waals surface area contributed by atoms with Crippen LogP contribution in [-0.4, -0.2) is 18.0 Å². The summed E-state index contributed by atoms with van der Waals surface area (Å²) in [5.41, 5.74) is 0. The van der Waals surface area contributed by atoms with E-state index in [1.54, 1.807) is 0 Å². The molecule has 1 aliphatic carbocycles. The number of aliphatic hydroxyl groups excluding tert-OH is 1. The average Bonchev–Trinajstić information content (AvgIpc) is 1.88. The Morgan fingerprint density at radius 1 is 1.50 bits per heavy atom. The number of hydrogen-bond acceptors (Lipinski definition) is 3. The highest BCUT2D eigenvalue weighted by Crippen LogP contribution is 2.19. The first kappa shape index (κ1) is 7.12. The molecule has 0 aromatic carbocycles. The van der Waals surface area contributed by atoms with Crippen molar-refractivity contribution in [3.05, 3.63) is 11.5 Å². The SMILES string of the molecule is COC1=C(O)CCCC1=O. The van der Waals surface area contributed by atoms with Gasteiger partial charge >= 0.3 is 0 Å². The summed E-state index contributed by atoms with van der Waals surface area (Å²) in [6.45, 7) is 0. The van der Waals surface area contributed by atoms with Crippen LogP contribution in [0.1, 0.15) is 19.3 Å². The number of allylic oxidation sites excluding steroid dienone is 2. The van der Waals surface area contributed by atoms with Crippen molar-refractivity contribution in [2.75, 3.05) is 7.11 Å². The second-order valence-electron chi connectivity index (χ2n) is 2.26. The number of hydrogen-bond donors (Lipinski definition) is 1. The molecular weight excluding hydrogens is 132 g/mol. The molecule has 0 radical (unpaired) electrons. The maximum Gasteiger partial charge on any atom is 0.200 e. The van der Waals surface area contributed by atoms with Crippen molar-refractivity contribution in [3.8, 4) is 0 Å². The van der Waals surface area contributed by atoms with Crippen molar-refractivity contribution < 1.29 is 14.6 Å². The molecule has 0 aromatic heterocycles. The molecule has 0 atom stereocenters. The van der Waals surface area contributed by atoms with Crippen LogP contribution >= 0.6 is 0 Å². The Morgan fingerprint density at radius 3 is 2.60 bits per heavy atom. The van der Waals surface area contributed by atoms with Gasteiger partial charge in [-0.3, -0.25) is 4.79 Å². The van der Waals surface area contributed by atoms with E-state index in [-0.39, 0.29) is 17.3 Å². The molecule has 0 bridgehead atoms. The summed E-state index contributed by atoms with van der Waals surface area (Å²) in [4.78, 5) is 10.9. The highest BCUT2D eigenvalue weighted by atomic mass is 16.5. The first-order chi connectivity index (χ1) is 4.75. The smallest absolute Gasteiger partial charge is 0.200 e. The fourth-order valence-corrected chi connectivity index (χ4v) is 1.04. The Hall–Kier alpha value is -0.990. The van der Waals surface area contributed by atoms with E-state index in [2.05, 4.69) is 0 Å². The van der Waals surface area contributed by atoms with Crippen LogP contribution in [0.3, 0.4) is 0 Å². The highest BCUT2D eigenvalue weighted by molar-refractivity contribution is 5.94. The summed E-state index contributed by atoms with van der Waals surface area (Å²) in [5.74, 6) is 0.149. The quantitative estimate of drug-likeness (QED) is 0.597. The van der Waals surface area contributed by atoms with Gasteiger partial charge in [-0.1, -0.05) is 0 Å². The summed E-state index contributed by atoms with van der Waals surface area (Å²) >= 11 is 0. The predicted molar refractivity (Wildman–Crippen MR) is 35.5 cm³/mol. The molecule has 0 aromatic rings. The largest absolute Gasteiger partial charge is 0.508 e. The minimum atomic E-state index is -0.0914. The van der Waals surface area contributed by atoms with Gasteiger partial charge in [0, 0.05) is 12.8 Å². The molecule has 0 aliphatic heterocycles. The van der Waals surface area contributed by atoms with Crippen molar-refractivity contribution in [1.29, 1.82) is 0 Å². The van der Waals surface area contributed by atoms with Gasteiger partial charge in [-0.15, -0.1) is 0 Å². The molecule has 0 saturated carbocycles. The monoisotopic (exact) mass is 142 g/mol. The van der Waals surface area contributed by atoms with Gasteiger partial charge in [-0.05, 0) is 6.42 Å². The topological polar surface area (TPSA) is 46.5 Å². The van der Waals surface area contributed by atoms with E-state index in [1.807, 2.05) is 0 Å². The maximum absolute atomic E-state index is 10.9. The molecular formula is C7H10O3. The third-order valence-corrected chi connectivity index (χ3v) is 1.54. The van der Waals surface area contributed by atoms with Gasteiger partial charge in [0.05, 0.1) is 7.11 Å². The molecule has 0 unspecified atom stereocenters. The Kier molecular flexibility index (Phi) is 1.94. The zero-order chi connectivity index (χ0) is 7.56. The van der Waals surface area contributed by atoms with Gasteiger partial charge in [-0.25, -0.2) is 0 Å². The van der Waals surface area contributed by atoms with Crippen LogP contribution in [0.5, 0.6) is 0 Å². The van der Waals surface area contributed by atoms with Gasteiger partial charge in [0.1, 0.15) is 5.76 Å². The normalized spacial score (nSPS) is 19.5. The van der Waals surface area contributed by atoms with Crippen LogP contribution in [0, 0.1) is 0 Å². The molecule has 0 fully saturated rings. The Bertz CT molecular complexity index is 181. The first-order valence-corrected chi connectivity index (χ1v) is 3.25. The molecule has 0 saturated heterocycles. The fraction of sp³-hybridized carbons (Fsp3) is 0.571. The van der Waals surface area contributed by atoms with Crippen LogP contribution in [0.2, 0.25) is 0 Å². The van der Waals surface area contributed by atoms with Crippen LogP contribution in [-0.2, 0) is 9.53 Å². The summed E-state index contributed by atoms with van der Waals surface area (Å²) < 4.78 is 4.70. The van der Waals surface area contributed by atoms with Gasteiger partial charge in [-0.2, -0.15) is 0 Å². The van der Waals surface area contributed by atoms with Gasteiger partial charge in [0.15, 0.2) is 5.76 Å². The minimum Gasteiger partial charge on any atom is -0.508 e. The second-order valence-corrected chi connectivity index (χ2v) is 2.26. The summed E-state index contributed by atoms with van der Waals surface area (Å²) in [5, 5.41) is 9.07. The lowest BCUT2D eigenvalue weighted by molar-refractivity contribution is -0.119.